The molecule has 1 aliphatic carbocycles. The van der Waals surface area contributed by atoms with Crippen LogP contribution in [0.25, 0.3) is 0 Å². The SMILES string of the molecule is CC(C)CC1CNCCC12CCCCCC2. The van der Waals surface area contributed by atoms with Gasteiger partial charge in [0.2, 0.25) is 0 Å². The molecule has 0 amide bonds. The Morgan fingerprint density at radius 1 is 1.06 bits per heavy atom. The molecule has 1 atom stereocenters. The first-order valence-electron chi connectivity index (χ1n) is 7.44. The van der Waals surface area contributed by atoms with Crippen molar-refractivity contribution < 1.29 is 0 Å². The first-order chi connectivity index (χ1) is 7.73. The molecule has 1 heterocycles. The molecule has 2 aliphatic rings. The molecule has 1 heteroatoms. The Morgan fingerprint density at radius 3 is 2.38 bits per heavy atom. The molecular formula is C15H29N. The second kappa shape index (κ2) is 5.53. The van der Waals surface area contributed by atoms with Crippen LogP contribution in [0.4, 0.5) is 0 Å². The van der Waals surface area contributed by atoms with E-state index in [9.17, 15) is 0 Å². The van der Waals surface area contributed by atoms with Crippen LogP contribution in [-0.2, 0) is 0 Å². The molecule has 16 heavy (non-hydrogen) atoms. The lowest BCUT2D eigenvalue weighted by Crippen LogP contribution is -2.45. The highest BCUT2D eigenvalue weighted by molar-refractivity contribution is 4.93. The predicted molar refractivity (Wildman–Crippen MR) is 70.6 cm³/mol. The summed E-state index contributed by atoms with van der Waals surface area (Å²) >= 11 is 0. The summed E-state index contributed by atoms with van der Waals surface area (Å²) < 4.78 is 0. The molecule has 0 aromatic heterocycles. The lowest BCUT2D eigenvalue weighted by atomic mass is 9.64. The summed E-state index contributed by atoms with van der Waals surface area (Å²) in [5, 5.41) is 3.63. The third-order valence-electron chi connectivity index (χ3n) is 4.91. The highest BCUT2D eigenvalue weighted by Gasteiger charge is 2.40. The van der Waals surface area contributed by atoms with Crippen LogP contribution in [0, 0.1) is 17.3 Å². The van der Waals surface area contributed by atoms with E-state index < -0.39 is 0 Å². The highest BCUT2D eigenvalue weighted by Crippen LogP contribution is 2.47. The van der Waals surface area contributed by atoms with Crippen molar-refractivity contribution in [1.29, 1.82) is 0 Å². The van der Waals surface area contributed by atoms with E-state index in [1.807, 2.05) is 0 Å². The molecule has 1 spiro atoms. The quantitative estimate of drug-likeness (QED) is 0.746. The molecule has 1 aliphatic heterocycles. The van der Waals surface area contributed by atoms with Gasteiger partial charge < -0.3 is 5.32 Å². The Labute approximate surface area is 101 Å². The van der Waals surface area contributed by atoms with E-state index in [4.69, 9.17) is 0 Å². The predicted octanol–water partition coefficient (Wildman–Crippen LogP) is 3.98. The van der Waals surface area contributed by atoms with Crippen LogP contribution in [-0.4, -0.2) is 13.1 Å². The van der Waals surface area contributed by atoms with Gasteiger partial charge in [0, 0.05) is 0 Å². The van der Waals surface area contributed by atoms with Gasteiger partial charge in [0.1, 0.15) is 0 Å². The highest BCUT2D eigenvalue weighted by atomic mass is 14.9. The Bertz CT molecular complexity index is 201. The Kier molecular flexibility index (Phi) is 4.29. The number of hydrogen-bond acceptors (Lipinski definition) is 1. The molecule has 0 aromatic rings. The van der Waals surface area contributed by atoms with Crippen LogP contribution in [0.2, 0.25) is 0 Å². The number of rotatable bonds is 2. The van der Waals surface area contributed by atoms with Gasteiger partial charge in [-0.1, -0.05) is 39.5 Å². The number of piperidine rings is 1. The van der Waals surface area contributed by atoms with Crippen molar-refractivity contribution in [2.45, 2.75) is 65.2 Å². The zero-order chi connectivity index (χ0) is 11.4. The van der Waals surface area contributed by atoms with Gasteiger partial charge in [-0.25, -0.2) is 0 Å². The lowest BCUT2D eigenvalue weighted by Gasteiger charge is -2.45. The summed E-state index contributed by atoms with van der Waals surface area (Å²) in [6, 6.07) is 0. The van der Waals surface area contributed by atoms with E-state index in [0.29, 0.717) is 0 Å². The van der Waals surface area contributed by atoms with E-state index in [-0.39, 0.29) is 0 Å². The van der Waals surface area contributed by atoms with Crippen LogP contribution in [0.3, 0.4) is 0 Å². The van der Waals surface area contributed by atoms with Crippen molar-refractivity contribution in [2.75, 3.05) is 13.1 Å². The molecule has 1 N–H and O–H groups in total. The lowest BCUT2D eigenvalue weighted by molar-refractivity contribution is 0.0707. The third-order valence-corrected chi connectivity index (χ3v) is 4.91. The molecule has 2 fully saturated rings. The van der Waals surface area contributed by atoms with E-state index in [0.717, 1.165) is 17.3 Å². The third kappa shape index (κ3) is 2.80. The van der Waals surface area contributed by atoms with Crippen molar-refractivity contribution >= 4 is 0 Å². The zero-order valence-electron chi connectivity index (χ0n) is 11.2. The minimum absolute atomic E-state index is 0.728. The van der Waals surface area contributed by atoms with Crippen molar-refractivity contribution in [3.63, 3.8) is 0 Å². The Morgan fingerprint density at radius 2 is 1.75 bits per heavy atom. The van der Waals surface area contributed by atoms with Crippen LogP contribution in [0.15, 0.2) is 0 Å². The molecule has 1 saturated carbocycles. The van der Waals surface area contributed by atoms with Crippen LogP contribution < -0.4 is 5.32 Å². The Hall–Kier alpha value is -0.0400. The van der Waals surface area contributed by atoms with Crippen molar-refractivity contribution in [1.82, 2.24) is 5.32 Å². The molecule has 1 nitrogen and oxygen atoms in total. The summed E-state index contributed by atoms with van der Waals surface area (Å²) in [6.45, 7) is 7.34. The molecule has 0 radical (unpaired) electrons. The standard InChI is InChI=1S/C15H29N/c1-13(2)11-14-12-16-10-9-15(14)7-5-3-4-6-8-15/h13-14,16H,3-12H2,1-2H3. The maximum atomic E-state index is 3.63. The number of hydrogen-bond donors (Lipinski definition) is 1. The van der Waals surface area contributed by atoms with Gasteiger partial charge in [-0.15, -0.1) is 0 Å². The molecular weight excluding hydrogens is 194 g/mol. The molecule has 1 unspecified atom stereocenters. The summed E-state index contributed by atoms with van der Waals surface area (Å²) in [6.07, 6.45) is 11.9. The van der Waals surface area contributed by atoms with Gasteiger partial charge >= 0.3 is 0 Å². The minimum Gasteiger partial charge on any atom is -0.316 e. The first kappa shape index (κ1) is 12.4. The Balaban J connectivity index is 2.05. The van der Waals surface area contributed by atoms with Gasteiger partial charge in [0.25, 0.3) is 0 Å². The zero-order valence-corrected chi connectivity index (χ0v) is 11.2. The second-order valence-electron chi connectivity index (χ2n) is 6.56. The fraction of sp³-hybridized carbons (Fsp3) is 1.00. The van der Waals surface area contributed by atoms with Crippen molar-refractivity contribution in [3.8, 4) is 0 Å². The average Bonchev–Trinajstić information content (AvgIpc) is 2.48. The monoisotopic (exact) mass is 223 g/mol. The van der Waals surface area contributed by atoms with E-state index in [1.165, 1.54) is 64.5 Å². The topological polar surface area (TPSA) is 12.0 Å². The fourth-order valence-electron chi connectivity index (χ4n) is 4.03. The van der Waals surface area contributed by atoms with E-state index in [1.54, 1.807) is 0 Å². The fourth-order valence-corrected chi connectivity index (χ4v) is 4.03. The van der Waals surface area contributed by atoms with E-state index >= 15 is 0 Å². The maximum Gasteiger partial charge on any atom is -0.00151 e. The van der Waals surface area contributed by atoms with Crippen LogP contribution in [0.1, 0.15) is 65.2 Å². The maximum absolute atomic E-state index is 3.63. The first-order valence-corrected chi connectivity index (χ1v) is 7.44. The van der Waals surface area contributed by atoms with Gasteiger partial charge in [-0.3, -0.25) is 0 Å². The van der Waals surface area contributed by atoms with Gasteiger partial charge in [0.05, 0.1) is 0 Å². The molecule has 2 rings (SSSR count). The van der Waals surface area contributed by atoms with E-state index in [2.05, 4.69) is 19.2 Å². The summed E-state index contributed by atoms with van der Waals surface area (Å²) in [7, 11) is 0. The summed E-state index contributed by atoms with van der Waals surface area (Å²) in [5.41, 5.74) is 0.728. The second-order valence-corrected chi connectivity index (χ2v) is 6.56. The summed E-state index contributed by atoms with van der Waals surface area (Å²) in [4.78, 5) is 0. The molecule has 1 saturated heterocycles. The summed E-state index contributed by atoms with van der Waals surface area (Å²) in [5.74, 6) is 1.82. The molecule has 0 aromatic carbocycles. The number of nitrogens with one attached hydrogen (secondary N) is 1. The molecule has 0 bridgehead atoms. The van der Waals surface area contributed by atoms with Gasteiger partial charge in [-0.05, 0) is 56.0 Å². The normalized spacial score (nSPS) is 30.6. The van der Waals surface area contributed by atoms with Crippen LogP contribution >= 0.6 is 0 Å². The van der Waals surface area contributed by atoms with Crippen molar-refractivity contribution in [2.24, 2.45) is 17.3 Å². The van der Waals surface area contributed by atoms with Crippen LogP contribution in [0.5, 0.6) is 0 Å². The van der Waals surface area contributed by atoms with Crippen molar-refractivity contribution in [3.05, 3.63) is 0 Å². The average molecular weight is 223 g/mol. The largest absolute Gasteiger partial charge is 0.316 e. The molecule has 94 valence electrons. The van der Waals surface area contributed by atoms with Gasteiger partial charge in [0.15, 0.2) is 0 Å². The smallest absolute Gasteiger partial charge is 0.00151 e. The minimum atomic E-state index is 0.728. The van der Waals surface area contributed by atoms with Gasteiger partial charge in [-0.2, -0.15) is 0 Å².